The maximum absolute atomic E-state index is 3.51. The van der Waals surface area contributed by atoms with Crippen LogP contribution in [0.2, 0.25) is 0 Å². The molecule has 0 radical (unpaired) electrons. The van der Waals surface area contributed by atoms with Crippen LogP contribution in [0.3, 0.4) is 0 Å². The highest BCUT2D eigenvalue weighted by atomic mass is 79.9. The maximum Gasteiger partial charge on any atom is 0.0361 e. The molecular weight excluding hydrogens is 376 g/mol. The Bertz CT molecular complexity index is 1200. The van der Waals surface area contributed by atoms with Gasteiger partial charge in [-0.3, -0.25) is 0 Å². The van der Waals surface area contributed by atoms with Crippen LogP contribution in [-0.4, -0.2) is 0 Å². The monoisotopic (exact) mass is 388 g/mol. The Morgan fingerprint density at radius 1 is 0.583 bits per heavy atom. The average Bonchev–Trinajstić information content (AvgIpc) is 2.97. The summed E-state index contributed by atoms with van der Waals surface area (Å²) in [6.07, 6.45) is 0. The van der Waals surface area contributed by atoms with Gasteiger partial charge in [0.1, 0.15) is 0 Å². The van der Waals surface area contributed by atoms with Crippen LogP contribution < -0.4 is 0 Å². The summed E-state index contributed by atoms with van der Waals surface area (Å²) in [7, 11) is 0. The summed E-state index contributed by atoms with van der Waals surface area (Å²) in [6.45, 7) is 0. The molecule has 0 saturated heterocycles. The molecule has 2 heteroatoms. The van der Waals surface area contributed by atoms with Crippen molar-refractivity contribution in [3.8, 4) is 11.1 Å². The van der Waals surface area contributed by atoms with Gasteiger partial charge in [0.15, 0.2) is 0 Å². The van der Waals surface area contributed by atoms with Crippen LogP contribution in [-0.2, 0) is 0 Å². The van der Waals surface area contributed by atoms with Gasteiger partial charge in [-0.05, 0) is 58.3 Å². The van der Waals surface area contributed by atoms with Crippen molar-refractivity contribution in [2.75, 3.05) is 0 Å². The second kappa shape index (κ2) is 5.44. The lowest BCUT2D eigenvalue weighted by Crippen LogP contribution is -1.77. The first kappa shape index (κ1) is 14.2. The number of thiophene rings is 1. The summed E-state index contributed by atoms with van der Waals surface area (Å²) in [5.41, 5.74) is 2.52. The highest BCUT2D eigenvalue weighted by molar-refractivity contribution is 9.10. The molecule has 0 unspecified atom stereocenters. The molecular formula is C22H13BrS. The molecule has 0 nitrogen and oxygen atoms in total. The topological polar surface area (TPSA) is 0 Å². The molecule has 0 aliphatic rings. The van der Waals surface area contributed by atoms with Gasteiger partial charge in [-0.2, -0.15) is 0 Å². The molecule has 24 heavy (non-hydrogen) atoms. The lowest BCUT2D eigenvalue weighted by Gasteiger charge is -2.03. The van der Waals surface area contributed by atoms with Gasteiger partial charge in [0.25, 0.3) is 0 Å². The first-order valence-electron chi connectivity index (χ1n) is 7.89. The smallest absolute Gasteiger partial charge is 0.0361 e. The van der Waals surface area contributed by atoms with E-state index in [4.69, 9.17) is 0 Å². The SMILES string of the molecule is Brc1ccc(-c2ccc3sc4cc5ccccc5cc4c3c2)cc1. The quantitative estimate of drug-likeness (QED) is 0.276. The standard InChI is InChI=1S/C22H13BrS/c23-18-8-5-14(6-9-18)17-7-10-21-19(12-17)20-11-15-3-1-2-4-16(15)13-22(20)24-21/h1-13H. The molecule has 0 saturated carbocycles. The number of rotatable bonds is 1. The van der Waals surface area contributed by atoms with Gasteiger partial charge in [0.2, 0.25) is 0 Å². The molecule has 0 fully saturated rings. The summed E-state index contributed by atoms with van der Waals surface area (Å²) in [5.74, 6) is 0. The third-order valence-corrected chi connectivity index (χ3v) is 6.18. The minimum Gasteiger partial charge on any atom is -0.135 e. The van der Waals surface area contributed by atoms with Gasteiger partial charge in [0.05, 0.1) is 0 Å². The summed E-state index contributed by atoms with van der Waals surface area (Å²) in [5, 5.41) is 5.32. The summed E-state index contributed by atoms with van der Waals surface area (Å²) in [4.78, 5) is 0. The van der Waals surface area contributed by atoms with Crippen LogP contribution in [0, 0.1) is 0 Å². The summed E-state index contributed by atoms with van der Waals surface area (Å²) < 4.78 is 3.82. The first-order chi connectivity index (χ1) is 11.8. The van der Waals surface area contributed by atoms with Gasteiger partial charge in [0, 0.05) is 24.6 Å². The number of benzene rings is 4. The lowest BCUT2D eigenvalue weighted by molar-refractivity contribution is 1.62. The zero-order valence-corrected chi connectivity index (χ0v) is 15.2. The molecule has 0 bridgehead atoms. The maximum atomic E-state index is 3.51. The fraction of sp³-hybridized carbons (Fsp3) is 0. The van der Waals surface area contributed by atoms with Crippen LogP contribution in [0.5, 0.6) is 0 Å². The van der Waals surface area contributed by atoms with Gasteiger partial charge in [-0.15, -0.1) is 11.3 Å². The fourth-order valence-corrected chi connectivity index (χ4v) is 4.67. The van der Waals surface area contributed by atoms with E-state index in [-0.39, 0.29) is 0 Å². The third-order valence-electron chi connectivity index (χ3n) is 4.52. The van der Waals surface area contributed by atoms with E-state index in [0.29, 0.717) is 0 Å². The van der Waals surface area contributed by atoms with E-state index in [1.807, 2.05) is 11.3 Å². The summed E-state index contributed by atoms with van der Waals surface area (Å²) in [6, 6.07) is 28.5. The van der Waals surface area contributed by atoms with Gasteiger partial charge < -0.3 is 0 Å². The third kappa shape index (κ3) is 2.26. The molecule has 5 rings (SSSR count). The second-order valence-corrected chi connectivity index (χ2v) is 8.01. The van der Waals surface area contributed by atoms with Crippen molar-refractivity contribution in [3.63, 3.8) is 0 Å². The molecule has 0 spiro atoms. The Balaban J connectivity index is 1.79. The zero-order chi connectivity index (χ0) is 16.1. The molecule has 1 heterocycles. The minimum absolute atomic E-state index is 1.11. The Morgan fingerprint density at radius 3 is 2.04 bits per heavy atom. The lowest BCUT2D eigenvalue weighted by atomic mass is 10.0. The van der Waals surface area contributed by atoms with Crippen LogP contribution in [0.15, 0.2) is 83.3 Å². The molecule has 5 aromatic rings. The van der Waals surface area contributed by atoms with Crippen molar-refractivity contribution >= 4 is 58.2 Å². The Hall–Kier alpha value is -2.16. The van der Waals surface area contributed by atoms with Gasteiger partial charge in [-0.25, -0.2) is 0 Å². The van der Waals surface area contributed by atoms with Crippen molar-refractivity contribution in [1.82, 2.24) is 0 Å². The Labute approximate surface area is 152 Å². The number of halogens is 1. The van der Waals surface area contributed by atoms with Crippen molar-refractivity contribution in [2.45, 2.75) is 0 Å². The van der Waals surface area contributed by atoms with Crippen LogP contribution in [0.1, 0.15) is 0 Å². The molecule has 0 aliphatic carbocycles. The zero-order valence-electron chi connectivity index (χ0n) is 12.8. The molecule has 0 aliphatic heterocycles. The molecule has 0 amide bonds. The van der Waals surface area contributed by atoms with Crippen molar-refractivity contribution < 1.29 is 0 Å². The average molecular weight is 389 g/mol. The van der Waals surface area contributed by atoms with E-state index < -0.39 is 0 Å². The number of fused-ring (bicyclic) bond motifs is 4. The highest BCUT2D eigenvalue weighted by Crippen LogP contribution is 2.38. The highest BCUT2D eigenvalue weighted by Gasteiger charge is 2.08. The molecule has 114 valence electrons. The van der Waals surface area contributed by atoms with E-state index in [1.165, 1.54) is 42.1 Å². The number of hydrogen-bond acceptors (Lipinski definition) is 1. The Morgan fingerprint density at radius 2 is 1.25 bits per heavy atom. The van der Waals surface area contributed by atoms with Crippen molar-refractivity contribution in [1.29, 1.82) is 0 Å². The van der Waals surface area contributed by atoms with Gasteiger partial charge >= 0.3 is 0 Å². The van der Waals surface area contributed by atoms with Crippen LogP contribution in [0.4, 0.5) is 0 Å². The van der Waals surface area contributed by atoms with Crippen molar-refractivity contribution in [2.24, 2.45) is 0 Å². The van der Waals surface area contributed by atoms with E-state index >= 15 is 0 Å². The normalized spacial score (nSPS) is 11.5. The van der Waals surface area contributed by atoms with E-state index in [0.717, 1.165) is 4.47 Å². The van der Waals surface area contributed by atoms with Crippen LogP contribution >= 0.6 is 27.3 Å². The molecule has 1 aromatic heterocycles. The number of hydrogen-bond donors (Lipinski definition) is 0. The van der Waals surface area contributed by atoms with Gasteiger partial charge in [-0.1, -0.05) is 58.4 Å². The predicted molar refractivity (Wildman–Crippen MR) is 110 cm³/mol. The largest absolute Gasteiger partial charge is 0.135 e. The Kier molecular flexibility index (Phi) is 3.22. The van der Waals surface area contributed by atoms with E-state index in [9.17, 15) is 0 Å². The predicted octanol–water partition coefficient (Wildman–Crippen LogP) is 7.64. The van der Waals surface area contributed by atoms with Crippen molar-refractivity contribution in [3.05, 3.63) is 83.3 Å². The van der Waals surface area contributed by atoms with E-state index in [1.54, 1.807) is 0 Å². The van der Waals surface area contributed by atoms with E-state index in [2.05, 4.69) is 94.8 Å². The summed E-state index contributed by atoms with van der Waals surface area (Å²) >= 11 is 5.38. The molecule has 4 aromatic carbocycles. The fourth-order valence-electron chi connectivity index (χ4n) is 3.28. The minimum atomic E-state index is 1.11. The molecule has 0 N–H and O–H groups in total. The molecule has 0 atom stereocenters. The van der Waals surface area contributed by atoms with Crippen LogP contribution in [0.25, 0.3) is 42.1 Å². The first-order valence-corrected chi connectivity index (χ1v) is 9.50. The second-order valence-electron chi connectivity index (χ2n) is 6.02.